The highest BCUT2D eigenvalue weighted by atomic mass is 32.2. The highest BCUT2D eigenvalue weighted by Gasteiger charge is 2.21. The molecule has 1 amide bonds. The van der Waals surface area contributed by atoms with Crippen LogP contribution in [0.4, 0.5) is 0 Å². The third-order valence-electron chi connectivity index (χ3n) is 1.87. The number of nitrogens with zero attached hydrogens (tertiary/aromatic N) is 1. The van der Waals surface area contributed by atoms with Crippen molar-refractivity contribution in [1.29, 1.82) is 5.26 Å². The average molecular weight is 288 g/mol. The van der Waals surface area contributed by atoms with Gasteiger partial charge in [0.15, 0.2) is 6.10 Å². The summed E-state index contributed by atoms with van der Waals surface area (Å²) in [6.07, 6.45) is -0.877. The summed E-state index contributed by atoms with van der Waals surface area (Å²) in [5.41, 5.74) is 0. The number of carbonyl (C=O) groups excluding carboxylic acids is 3. The van der Waals surface area contributed by atoms with E-state index in [2.05, 4.69) is 10.1 Å². The largest absolute Gasteiger partial charge is 0.467 e. The van der Waals surface area contributed by atoms with Crippen molar-refractivity contribution >= 4 is 29.6 Å². The van der Waals surface area contributed by atoms with Crippen molar-refractivity contribution in [3.05, 3.63) is 0 Å². The van der Waals surface area contributed by atoms with Gasteiger partial charge in [-0.15, -0.1) is 0 Å². The van der Waals surface area contributed by atoms with Crippen LogP contribution in [0.3, 0.4) is 0 Å². The van der Waals surface area contributed by atoms with E-state index in [1.54, 1.807) is 0 Å². The molecule has 0 aliphatic heterocycles. The molecule has 0 fully saturated rings. The number of nitrogens with one attached hydrogen (secondary N) is 1. The Kier molecular flexibility index (Phi) is 8.37. The van der Waals surface area contributed by atoms with E-state index in [1.165, 1.54) is 32.7 Å². The van der Waals surface area contributed by atoms with Crippen LogP contribution in [0, 0.1) is 11.3 Å². The van der Waals surface area contributed by atoms with Crippen LogP contribution in [0.1, 0.15) is 13.8 Å². The minimum Gasteiger partial charge on any atom is -0.467 e. The van der Waals surface area contributed by atoms with Gasteiger partial charge in [0.1, 0.15) is 12.1 Å². The molecule has 0 saturated carbocycles. The Morgan fingerprint density at radius 1 is 1.32 bits per heavy atom. The van der Waals surface area contributed by atoms with Crippen LogP contribution in [-0.4, -0.2) is 48.6 Å². The zero-order chi connectivity index (χ0) is 14.8. The first kappa shape index (κ1) is 17.2. The van der Waals surface area contributed by atoms with Crippen molar-refractivity contribution in [2.75, 3.05) is 18.6 Å². The molecule has 0 radical (unpaired) electrons. The van der Waals surface area contributed by atoms with Crippen LogP contribution in [-0.2, 0) is 23.9 Å². The van der Waals surface area contributed by atoms with E-state index in [0.29, 0.717) is 0 Å². The molecule has 0 aliphatic rings. The van der Waals surface area contributed by atoms with Crippen LogP contribution < -0.4 is 5.32 Å². The molecule has 8 heteroatoms. The molecular formula is C11H16N2O5S. The molecule has 0 heterocycles. The van der Waals surface area contributed by atoms with Crippen molar-refractivity contribution in [2.45, 2.75) is 26.0 Å². The van der Waals surface area contributed by atoms with Crippen molar-refractivity contribution in [1.82, 2.24) is 5.32 Å². The second-order valence-corrected chi connectivity index (χ2v) is 4.62. The number of thioether (sulfide) groups is 1. The normalized spacial score (nSPS) is 12.7. The smallest absolute Gasteiger partial charge is 0.329 e. The Balaban J connectivity index is 4.24. The third kappa shape index (κ3) is 8.05. The fourth-order valence-electron chi connectivity index (χ4n) is 1.15. The maximum absolute atomic E-state index is 11.4. The lowest BCUT2D eigenvalue weighted by atomic mass is 10.3. The molecule has 2 atom stereocenters. The molecule has 7 nitrogen and oxygen atoms in total. The topological polar surface area (TPSA) is 105 Å². The van der Waals surface area contributed by atoms with E-state index >= 15 is 0 Å². The Hall–Kier alpha value is -1.75. The zero-order valence-corrected chi connectivity index (χ0v) is 11.8. The maximum atomic E-state index is 11.4. The molecule has 1 N–H and O–H groups in total. The average Bonchev–Trinajstić information content (AvgIpc) is 2.34. The van der Waals surface area contributed by atoms with Gasteiger partial charge in [0, 0.05) is 25.4 Å². The number of rotatable bonds is 7. The molecule has 0 saturated heterocycles. The highest BCUT2D eigenvalue weighted by molar-refractivity contribution is 7.99. The second kappa shape index (κ2) is 9.22. The lowest BCUT2D eigenvalue weighted by molar-refractivity contribution is -0.144. The van der Waals surface area contributed by atoms with Crippen molar-refractivity contribution in [3.63, 3.8) is 0 Å². The summed E-state index contributed by atoms with van der Waals surface area (Å²) in [5.74, 6) is -1.02. The standard InChI is InChI=1S/C11H16N2O5S/c1-7(14)13-10(11(16)17-3)6-19-5-9(4-12)18-8(2)15/h9-10H,5-6H2,1-3H3,(H,13,14)/t9?,10-/m0/s1. The highest BCUT2D eigenvalue weighted by Crippen LogP contribution is 2.09. The molecule has 0 rings (SSSR count). The Labute approximate surface area is 115 Å². The first-order valence-electron chi connectivity index (χ1n) is 5.40. The summed E-state index contributed by atoms with van der Waals surface area (Å²) >= 11 is 1.21. The van der Waals surface area contributed by atoms with E-state index in [1.807, 2.05) is 6.07 Å². The van der Waals surface area contributed by atoms with Gasteiger partial charge >= 0.3 is 11.9 Å². The summed E-state index contributed by atoms with van der Waals surface area (Å²) in [7, 11) is 1.22. The molecule has 19 heavy (non-hydrogen) atoms. The van der Waals surface area contributed by atoms with Gasteiger partial charge in [0.2, 0.25) is 5.91 Å². The quantitative estimate of drug-likeness (QED) is 0.649. The van der Waals surface area contributed by atoms with Gasteiger partial charge in [0.05, 0.1) is 7.11 Å². The fourth-order valence-corrected chi connectivity index (χ4v) is 2.10. The number of ether oxygens (including phenoxy) is 2. The number of hydrogen-bond acceptors (Lipinski definition) is 7. The van der Waals surface area contributed by atoms with E-state index in [9.17, 15) is 14.4 Å². The fraction of sp³-hybridized carbons (Fsp3) is 0.636. The first-order chi connectivity index (χ1) is 8.90. The van der Waals surface area contributed by atoms with Crippen LogP contribution in [0.2, 0.25) is 0 Å². The summed E-state index contributed by atoms with van der Waals surface area (Å²) in [5, 5.41) is 11.2. The Morgan fingerprint density at radius 2 is 1.95 bits per heavy atom. The number of hydrogen-bond donors (Lipinski definition) is 1. The van der Waals surface area contributed by atoms with Gasteiger partial charge in [0.25, 0.3) is 0 Å². The Bertz CT molecular complexity index is 380. The molecule has 0 bridgehead atoms. The van der Waals surface area contributed by atoms with Gasteiger partial charge in [-0.25, -0.2) is 4.79 Å². The van der Waals surface area contributed by atoms with Crippen LogP contribution in [0.25, 0.3) is 0 Å². The minimum atomic E-state index is -0.877. The van der Waals surface area contributed by atoms with E-state index in [-0.39, 0.29) is 17.4 Å². The van der Waals surface area contributed by atoms with Gasteiger partial charge in [-0.3, -0.25) is 9.59 Å². The van der Waals surface area contributed by atoms with Gasteiger partial charge in [-0.2, -0.15) is 17.0 Å². The van der Waals surface area contributed by atoms with Crippen LogP contribution in [0.5, 0.6) is 0 Å². The third-order valence-corrected chi connectivity index (χ3v) is 2.98. The predicted octanol–water partition coefficient (Wildman–Crippen LogP) is -0.147. The second-order valence-electron chi connectivity index (χ2n) is 3.54. The predicted molar refractivity (Wildman–Crippen MR) is 68.1 cm³/mol. The SMILES string of the molecule is COC(=O)[C@H](CSCC(C#N)OC(C)=O)NC(C)=O. The van der Waals surface area contributed by atoms with Gasteiger partial charge < -0.3 is 14.8 Å². The van der Waals surface area contributed by atoms with E-state index in [4.69, 9.17) is 10.00 Å². The molecule has 106 valence electrons. The molecule has 0 aliphatic carbocycles. The Morgan fingerprint density at radius 3 is 2.37 bits per heavy atom. The molecule has 0 aromatic heterocycles. The number of nitriles is 1. The molecular weight excluding hydrogens is 272 g/mol. The van der Waals surface area contributed by atoms with Crippen LogP contribution >= 0.6 is 11.8 Å². The minimum absolute atomic E-state index is 0.211. The lowest BCUT2D eigenvalue weighted by Crippen LogP contribution is -2.42. The van der Waals surface area contributed by atoms with Crippen molar-refractivity contribution in [2.24, 2.45) is 0 Å². The lowest BCUT2D eigenvalue weighted by Gasteiger charge is -2.15. The summed E-state index contributed by atoms with van der Waals surface area (Å²) in [6.45, 7) is 2.50. The number of amides is 1. The number of methoxy groups -OCH3 is 1. The van der Waals surface area contributed by atoms with Crippen LogP contribution in [0.15, 0.2) is 0 Å². The zero-order valence-electron chi connectivity index (χ0n) is 11.0. The van der Waals surface area contributed by atoms with Gasteiger partial charge in [-0.1, -0.05) is 0 Å². The van der Waals surface area contributed by atoms with E-state index in [0.717, 1.165) is 0 Å². The number of carbonyl (C=O) groups is 3. The summed E-state index contributed by atoms with van der Waals surface area (Å²) < 4.78 is 9.27. The maximum Gasteiger partial charge on any atom is 0.329 e. The van der Waals surface area contributed by atoms with Gasteiger partial charge in [-0.05, 0) is 0 Å². The summed E-state index contributed by atoms with van der Waals surface area (Å²) in [6, 6.07) is 1.04. The van der Waals surface area contributed by atoms with E-state index < -0.39 is 24.1 Å². The van der Waals surface area contributed by atoms with Crippen molar-refractivity contribution in [3.8, 4) is 6.07 Å². The van der Waals surface area contributed by atoms with Crippen molar-refractivity contribution < 1.29 is 23.9 Å². The summed E-state index contributed by atoms with van der Waals surface area (Å²) in [4.78, 5) is 33.0. The molecule has 0 spiro atoms. The number of esters is 2. The molecule has 0 aromatic rings. The molecule has 1 unspecified atom stereocenters. The molecule has 0 aromatic carbocycles. The monoisotopic (exact) mass is 288 g/mol. The first-order valence-corrected chi connectivity index (χ1v) is 6.55.